The maximum Gasteiger partial charge on any atom is 0.141 e. The van der Waals surface area contributed by atoms with Gasteiger partial charge >= 0.3 is 0 Å². The number of hydrogen-bond donors (Lipinski definition) is 0. The summed E-state index contributed by atoms with van der Waals surface area (Å²) in [5, 5.41) is 0.0482. The van der Waals surface area contributed by atoms with E-state index in [0.29, 0.717) is 5.75 Å². The van der Waals surface area contributed by atoms with E-state index in [4.69, 9.17) is 16.3 Å². The number of rotatable bonds is 3. The van der Waals surface area contributed by atoms with E-state index in [2.05, 4.69) is 0 Å². The summed E-state index contributed by atoms with van der Waals surface area (Å²) in [5.41, 5.74) is 1.56. The Hall–Kier alpha value is -1.61. The predicted octanol–water partition coefficient (Wildman–Crippen LogP) is 4.51. The molecule has 94 valence electrons. The maximum atomic E-state index is 13.0. The zero-order chi connectivity index (χ0) is 13.1. The zero-order valence-electron chi connectivity index (χ0n) is 9.71. The summed E-state index contributed by atoms with van der Waals surface area (Å²) in [7, 11) is 0. The van der Waals surface area contributed by atoms with Gasteiger partial charge in [-0.3, -0.25) is 0 Å². The Morgan fingerprint density at radius 3 is 2.61 bits per heavy atom. The third kappa shape index (κ3) is 2.99. The fraction of sp³-hybridized carbons (Fsp3) is 0.143. The molecule has 0 aliphatic rings. The molecular weight excluding hydrogens is 258 g/mol. The minimum Gasteiger partial charge on any atom is -0.489 e. The average Bonchev–Trinajstić information content (AvgIpc) is 2.34. The van der Waals surface area contributed by atoms with Gasteiger partial charge in [-0.2, -0.15) is 0 Å². The van der Waals surface area contributed by atoms with Crippen molar-refractivity contribution in [2.24, 2.45) is 0 Å². The molecule has 2 aromatic rings. The minimum absolute atomic E-state index is 0.0482. The van der Waals surface area contributed by atoms with Crippen LogP contribution < -0.4 is 4.74 Å². The lowest BCUT2D eigenvalue weighted by Gasteiger charge is -2.09. The summed E-state index contributed by atoms with van der Waals surface area (Å²) >= 11 is 5.66. The molecule has 18 heavy (non-hydrogen) atoms. The molecule has 4 heteroatoms. The summed E-state index contributed by atoms with van der Waals surface area (Å²) in [6, 6.07) is 8.68. The van der Waals surface area contributed by atoms with Gasteiger partial charge in [0.1, 0.15) is 24.0 Å². The molecule has 0 amide bonds. The lowest BCUT2D eigenvalue weighted by molar-refractivity contribution is 0.302. The van der Waals surface area contributed by atoms with Crippen LogP contribution in [0.1, 0.15) is 11.1 Å². The van der Waals surface area contributed by atoms with E-state index in [9.17, 15) is 8.78 Å². The van der Waals surface area contributed by atoms with Crippen molar-refractivity contribution in [1.29, 1.82) is 0 Å². The Morgan fingerprint density at radius 2 is 1.89 bits per heavy atom. The van der Waals surface area contributed by atoms with Gasteiger partial charge in [-0.15, -0.1) is 0 Å². The highest BCUT2D eigenvalue weighted by molar-refractivity contribution is 6.30. The van der Waals surface area contributed by atoms with Crippen molar-refractivity contribution in [2.75, 3.05) is 0 Å². The Bertz CT molecular complexity index is 570. The molecule has 0 radical (unpaired) electrons. The standard InChI is InChI=1S/C14H11ClF2O/c1-9-2-4-11(16)7-14(9)18-8-10-3-5-13(17)12(15)6-10/h2-7H,8H2,1H3. The van der Waals surface area contributed by atoms with Gasteiger partial charge in [0.25, 0.3) is 0 Å². The second kappa shape index (κ2) is 5.36. The van der Waals surface area contributed by atoms with Gasteiger partial charge in [0, 0.05) is 6.07 Å². The molecule has 0 atom stereocenters. The summed E-state index contributed by atoms with van der Waals surface area (Å²) in [5.74, 6) is -0.356. The SMILES string of the molecule is Cc1ccc(F)cc1OCc1ccc(F)c(Cl)c1. The van der Waals surface area contributed by atoms with E-state index in [-0.39, 0.29) is 17.4 Å². The second-order valence-electron chi connectivity index (χ2n) is 3.95. The van der Waals surface area contributed by atoms with Crippen LogP contribution in [0.4, 0.5) is 8.78 Å². The van der Waals surface area contributed by atoms with E-state index >= 15 is 0 Å². The topological polar surface area (TPSA) is 9.23 Å². The summed E-state index contributed by atoms with van der Waals surface area (Å²) in [4.78, 5) is 0. The maximum absolute atomic E-state index is 13.0. The first-order chi connectivity index (χ1) is 8.56. The van der Waals surface area contributed by atoms with Crippen LogP contribution in [0.25, 0.3) is 0 Å². The molecule has 0 saturated heterocycles. The number of benzene rings is 2. The van der Waals surface area contributed by atoms with Gasteiger partial charge in [-0.05, 0) is 36.2 Å². The molecule has 2 rings (SSSR count). The van der Waals surface area contributed by atoms with Crippen molar-refractivity contribution >= 4 is 11.6 Å². The van der Waals surface area contributed by atoms with Crippen LogP contribution in [0.2, 0.25) is 5.02 Å². The highest BCUT2D eigenvalue weighted by atomic mass is 35.5. The molecule has 1 nitrogen and oxygen atoms in total. The fourth-order valence-electron chi connectivity index (χ4n) is 1.52. The third-order valence-electron chi connectivity index (χ3n) is 2.53. The molecule has 0 fully saturated rings. The van der Waals surface area contributed by atoms with Crippen molar-refractivity contribution < 1.29 is 13.5 Å². The third-order valence-corrected chi connectivity index (χ3v) is 2.82. The Morgan fingerprint density at radius 1 is 1.11 bits per heavy atom. The van der Waals surface area contributed by atoms with Gasteiger partial charge in [0.15, 0.2) is 0 Å². The van der Waals surface area contributed by atoms with Crippen molar-refractivity contribution in [3.8, 4) is 5.75 Å². The first kappa shape index (κ1) is 12.8. The van der Waals surface area contributed by atoms with E-state index in [0.717, 1.165) is 11.1 Å². The van der Waals surface area contributed by atoms with Crippen molar-refractivity contribution in [2.45, 2.75) is 13.5 Å². The quantitative estimate of drug-likeness (QED) is 0.796. The van der Waals surface area contributed by atoms with Gasteiger partial charge in [-0.25, -0.2) is 8.78 Å². The van der Waals surface area contributed by atoms with E-state index in [1.165, 1.54) is 24.3 Å². The molecule has 0 aliphatic heterocycles. The molecule has 0 saturated carbocycles. The first-order valence-electron chi connectivity index (χ1n) is 5.39. The fourth-order valence-corrected chi connectivity index (χ4v) is 1.72. The largest absolute Gasteiger partial charge is 0.489 e. The van der Waals surface area contributed by atoms with E-state index in [1.54, 1.807) is 12.1 Å². The number of halogens is 3. The molecule has 0 spiro atoms. The Labute approximate surface area is 109 Å². The van der Waals surface area contributed by atoms with Crippen LogP contribution in [-0.2, 0) is 6.61 Å². The normalized spacial score (nSPS) is 10.4. The molecule has 0 heterocycles. The van der Waals surface area contributed by atoms with Gasteiger partial charge in [-0.1, -0.05) is 23.7 Å². The summed E-state index contributed by atoms with van der Waals surface area (Å²) in [6.07, 6.45) is 0. The minimum atomic E-state index is -0.470. The van der Waals surface area contributed by atoms with Gasteiger partial charge in [0.2, 0.25) is 0 Å². The molecule has 0 aliphatic carbocycles. The van der Waals surface area contributed by atoms with Crippen molar-refractivity contribution in [1.82, 2.24) is 0 Å². The highest BCUT2D eigenvalue weighted by Gasteiger charge is 2.04. The van der Waals surface area contributed by atoms with E-state index < -0.39 is 5.82 Å². The Balaban J connectivity index is 2.11. The van der Waals surface area contributed by atoms with E-state index in [1.807, 2.05) is 6.92 Å². The second-order valence-corrected chi connectivity index (χ2v) is 4.35. The average molecular weight is 269 g/mol. The molecular formula is C14H11ClF2O. The monoisotopic (exact) mass is 268 g/mol. The zero-order valence-corrected chi connectivity index (χ0v) is 10.5. The van der Waals surface area contributed by atoms with Crippen molar-refractivity contribution in [3.05, 3.63) is 64.2 Å². The summed E-state index contributed by atoms with van der Waals surface area (Å²) < 4.78 is 31.5. The molecule has 0 aromatic heterocycles. The highest BCUT2D eigenvalue weighted by Crippen LogP contribution is 2.21. The van der Waals surface area contributed by atoms with Crippen LogP contribution in [0.5, 0.6) is 5.75 Å². The van der Waals surface area contributed by atoms with Crippen LogP contribution in [-0.4, -0.2) is 0 Å². The Kier molecular flexibility index (Phi) is 3.82. The van der Waals surface area contributed by atoms with Crippen LogP contribution in [0.15, 0.2) is 36.4 Å². The molecule has 0 N–H and O–H groups in total. The van der Waals surface area contributed by atoms with Gasteiger partial charge < -0.3 is 4.74 Å². The molecule has 0 bridgehead atoms. The smallest absolute Gasteiger partial charge is 0.141 e. The lowest BCUT2D eigenvalue weighted by atomic mass is 10.2. The number of ether oxygens (including phenoxy) is 1. The van der Waals surface area contributed by atoms with Gasteiger partial charge in [0.05, 0.1) is 5.02 Å². The number of hydrogen-bond acceptors (Lipinski definition) is 1. The molecule has 0 unspecified atom stereocenters. The van der Waals surface area contributed by atoms with Crippen LogP contribution in [0.3, 0.4) is 0 Å². The first-order valence-corrected chi connectivity index (χ1v) is 5.77. The summed E-state index contributed by atoms with van der Waals surface area (Å²) in [6.45, 7) is 2.04. The predicted molar refractivity (Wildman–Crippen MR) is 66.9 cm³/mol. The van der Waals surface area contributed by atoms with Crippen LogP contribution in [0, 0.1) is 18.6 Å². The molecule has 2 aromatic carbocycles. The number of aryl methyl sites for hydroxylation is 1. The lowest BCUT2D eigenvalue weighted by Crippen LogP contribution is -1.98. The van der Waals surface area contributed by atoms with Crippen LogP contribution >= 0.6 is 11.6 Å². The van der Waals surface area contributed by atoms with Crippen molar-refractivity contribution in [3.63, 3.8) is 0 Å².